The van der Waals surface area contributed by atoms with Crippen molar-refractivity contribution in [2.24, 2.45) is 0 Å². The maximum absolute atomic E-state index is 12.8. The summed E-state index contributed by atoms with van der Waals surface area (Å²) in [5.74, 6) is -4.85. The molecule has 0 amide bonds. The van der Waals surface area contributed by atoms with Crippen molar-refractivity contribution in [1.82, 2.24) is 0 Å². The largest absolute Gasteiger partial charge is 0.497 e. The second-order valence-electron chi connectivity index (χ2n) is 8.69. The summed E-state index contributed by atoms with van der Waals surface area (Å²) in [6.07, 6.45) is -7.62. The highest BCUT2D eigenvalue weighted by atomic mass is 16.7. The Bertz CT molecular complexity index is 1390. The molecule has 15 nitrogen and oxygen atoms in total. The van der Waals surface area contributed by atoms with Gasteiger partial charge in [0.05, 0.1) is 12.5 Å². The van der Waals surface area contributed by atoms with E-state index in [1.54, 1.807) is 0 Å². The Balaban J connectivity index is 2.21. The van der Waals surface area contributed by atoms with Gasteiger partial charge in [0, 0.05) is 40.7 Å². The fraction of sp³-hybridized carbons (Fsp3) is 0.462. The van der Waals surface area contributed by atoms with Crippen LogP contribution in [0, 0.1) is 0 Å². The van der Waals surface area contributed by atoms with Crippen LogP contribution in [-0.4, -0.2) is 74.3 Å². The molecule has 2 aromatic rings. The first-order valence-electron chi connectivity index (χ1n) is 12.1. The van der Waals surface area contributed by atoms with Crippen molar-refractivity contribution in [1.29, 1.82) is 0 Å². The van der Waals surface area contributed by atoms with Gasteiger partial charge in [-0.05, 0) is 12.1 Å². The highest BCUT2D eigenvalue weighted by molar-refractivity contribution is 5.87. The van der Waals surface area contributed by atoms with Gasteiger partial charge in [0.2, 0.25) is 12.4 Å². The molecule has 0 aliphatic carbocycles. The quantitative estimate of drug-likeness (QED) is 0.233. The molecule has 0 radical (unpaired) electrons. The van der Waals surface area contributed by atoms with Gasteiger partial charge < -0.3 is 42.3 Å². The van der Waals surface area contributed by atoms with Crippen LogP contribution in [0.1, 0.15) is 34.6 Å². The van der Waals surface area contributed by atoms with Gasteiger partial charge >= 0.3 is 35.5 Å². The first kappa shape index (κ1) is 30.9. The van der Waals surface area contributed by atoms with Gasteiger partial charge in [-0.15, -0.1) is 0 Å². The van der Waals surface area contributed by atoms with Gasteiger partial charge in [-0.3, -0.25) is 24.0 Å². The van der Waals surface area contributed by atoms with Crippen LogP contribution in [0.3, 0.4) is 0 Å². The molecule has 0 saturated carbocycles. The van der Waals surface area contributed by atoms with Crippen LogP contribution in [0.25, 0.3) is 11.0 Å². The highest BCUT2D eigenvalue weighted by Gasteiger charge is 2.53. The van der Waals surface area contributed by atoms with E-state index in [-0.39, 0.29) is 16.7 Å². The van der Waals surface area contributed by atoms with E-state index in [4.69, 9.17) is 42.3 Å². The number of fused-ring (bicyclic) bond motifs is 1. The third-order valence-corrected chi connectivity index (χ3v) is 5.46. The van der Waals surface area contributed by atoms with Crippen molar-refractivity contribution in [3.63, 3.8) is 0 Å². The summed E-state index contributed by atoms with van der Waals surface area (Å²) in [4.78, 5) is 72.4. The van der Waals surface area contributed by atoms with E-state index in [0.29, 0.717) is 5.75 Å². The third-order valence-electron chi connectivity index (χ3n) is 5.46. The third kappa shape index (κ3) is 7.72. The monoisotopic (exact) mass is 580 g/mol. The standard InChI is InChI=1S/C26H28O15/c1-11(27)34-10-19-21(35-12(2)28)22(36-13(3)29)24(38-15(5)31)26(40-19)41-20-17-8-7-16(33-6)9-18(17)39-25(32)23(20)37-14(4)30/h7-9,19,21-22,24,26H,10H2,1-6H3/t19-,21-,22+,24+,26-/m1/s1. The van der Waals surface area contributed by atoms with E-state index < -0.39 is 78.5 Å². The number of esters is 5. The lowest BCUT2D eigenvalue weighted by atomic mass is 9.98. The SMILES string of the molecule is COc1ccc2c(O[C@H]3O[C@H](COC(C)=O)[C@@H](OC(C)=O)[C@H](OC(C)=O)[C@@H]3OC(C)=O)c(OC(C)=O)c(=O)oc2c1. The van der Waals surface area contributed by atoms with Crippen molar-refractivity contribution < 1.29 is 66.3 Å². The lowest BCUT2D eigenvalue weighted by Crippen LogP contribution is -2.63. The molecule has 1 aliphatic heterocycles. The summed E-state index contributed by atoms with van der Waals surface area (Å²) in [5, 5.41) is 0.106. The molecule has 0 spiro atoms. The van der Waals surface area contributed by atoms with E-state index in [9.17, 15) is 28.8 Å². The molecule has 1 saturated heterocycles. The molecule has 41 heavy (non-hydrogen) atoms. The number of hydrogen-bond acceptors (Lipinski definition) is 15. The topological polar surface area (TPSA) is 189 Å². The fourth-order valence-electron chi connectivity index (χ4n) is 4.01. The van der Waals surface area contributed by atoms with Crippen molar-refractivity contribution >= 4 is 40.8 Å². The number of hydrogen-bond donors (Lipinski definition) is 0. The summed E-state index contributed by atoms with van der Waals surface area (Å²) in [5.41, 5.74) is -1.15. The second-order valence-corrected chi connectivity index (χ2v) is 8.69. The van der Waals surface area contributed by atoms with Crippen LogP contribution in [0.15, 0.2) is 27.4 Å². The average molecular weight is 580 g/mol. The van der Waals surface area contributed by atoms with Crippen molar-refractivity contribution in [2.45, 2.75) is 65.3 Å². The molecule has 1 aliphatic rings. The average Bonchev–Trinajstić information content (AvgIpc) is 2.86. The first-order valence-corrected chi connectivity index (χ1v) is 12.1. The van der Waals surface area contributed by atoms with E-state index in [0.717, 1.165) is 34.6 Å². The molecular weight excluding hydrogens is 552 g/mol. The van der Waals surface area contributed by atoms with Crippen molar-refractivity contribution in [3.05, 3.63) is 28.6 Å². The first-order chi connectivity index (χ1) is 19.3. The van der Waals surface area contributed by atoms with Crippen LogP contribution in [0.4, 0.5) is 0 Å². The molecule has 1 aromatic carbocycles. The van der Waals surface area contributed by atoms with Crippen molar-refractivity contribution in [2.75, 3.05) is 13.7 Å². The van der Waals surface area contributed by atoms with Gasteiger partial charge in [-0.1, -0.05) is 0 Å². The van der Waals surface area contributed by atoms with Crippen LogP contribution in [0.5, 0.6) is 17.2 Å². The normalized spacial score (nSPS) is 21.8. The summed E-state index contributed by atoms with van der Waals surface area (Å²) in [6, 6.07) is 4.30. The summed E-state index contributed by atoms with van der Waals surface area (Å²) < 4.78 is 48.6. The van der Waals surface area contributed by atoms with Gasteiger partial charge in [-0.25, -0.2) is 4.79 Å². The van der Waals surface area contributed by atoms with Gasteiger partial charge in [0.15, 0.2) is 18.0 Å². The number of carbonyl (C=O) groups excluding carboxylic acids is 5. The van der Waals surface area contributed by atoms with Crippen LogP contribution in [-0.2, 0) is 47.7 Å². The van der Waals surface area contributed by atoms with E-state index in [1.807, 2.05) is 0 Å². The minimum atomic E-state index is -1.71. The van der Waals surface area contributed by atoms with Crippen LogP contribution >= 0.6 is 0 Å². The minimum absolute atomic E-state index is 0.0362. The van der Waals surface area contributed by atoms with E-state index >= 15 is 0 Å². The summed E-state index contributed by atoms with van der Waals surface area (Å²) in [6.45, 7) is 4.84. The number of methoxy groups -OCH3 is 1. The Kier molecular flexibility index (Phi) is 9.89. The number of carbonyl (C=O) groups is 5. The molecular formula is C26H28O15. The molecule has 5 atom stereocenters. The van der Waals surface area contributed by atoms with Crippen LogP contribution < -0.4 is 19.8 Å². The molecule has 0 bridgehead atoms. The lowest BCUT2D eigenvalue weighted by Gasteiger charge is -2.44. The number of rotatable bonds is 9. The Hall–Kier alpha value is -4.66. The molecule has 222 valence electrons. The molecule has 0 unspecified atom stereocenters. The maximum atomic E-state index is 12.8. The zero-order valence-electron chi connectivity index (χ0n) is 22.9. The second kappa shape index (κ2) is 13.1. The zero-order chi connectivity index (χ0) is 30.4. The molecule has 2 heterocycles. The Morgan fingerprint density at radius 1 is 0.780 bits per heavy atom. The van der Waals surface area contributed by atoms with E-state index in [2.05, 4.69) is 0 Å². The Morgan fingerprint density at radius 2 is 1.39 bits per heavy atom. The highest BCUT2D eigenvalue weighted by Crippen LogP contribution is 2.38. The predicted octanol–water partition coefficient (Wildman–Crippen LogP) is 1.19. The Morgan fingerprint density at radius 3 is 1.95 bits per heavy atom. The van der Waals surface area contributed by atoms with Gasteiger partial charge in [0.25, 0.3) is 5.75 Å². The van der Waals surface area contributed by atoms with Gasteiger partial charge in [0.1, 0.15) is 24.0 Å². The zero-order valence-corrected chi connectivity index (χ0v) is 22.9. The summed E-state index contributed by atoms with van der Waals surface area (Å²) in [7, 11) is 1.39. The predicted molar refractivity (Wildman–Crippen MR) is 133 cm³/mol. The fourth-order valence-corrected chi connectivity index (χ4v) is 4.01. The molecule has 1 aromatic heterocycles. The Labute approximate surface area is 232 Å². The molecule has 0 N–H and O–H groups in total. The maximum Gasteiger partial charge on any atom is 0.383 e. The van der Waals surface area contributed by atoms with Crippen molar-refractivity contribution in [3.8, 4) is 17.2 Å². The summed E-state index contributed by atoms with van der Waals surface area (Å²) >= 11 is 0. The smallest absolute Gasteiger partial charge is 0.383 e. The molecule has 3 rings (SSSR count). The lowest BCUT2D eigenvalue weighted by molar-refractivity contribution is -0.288. The molecule has 15 heteroatoms. The van der Waals surface area contributed by atoms with Crippen LogP contribution in [0.2, 0.25) is 0 Å². The number of benzene rings is 1. The molecule has 1 fully saturated rings. The van der Waals surface area contributed by atoms with E-state index in [1.165, 1.54) is 25.3 Å². The van der Waals surface area contributed by atoms with Gasteiger partial charge in [-0.2, -0.15) is 0 Å². The number of ether oxygens (including phenoxy) is 8. The minimum Gasteiger partial charge on any atom is -0.497 e.